The maximum atomic E-state index is 13.3. The molecule has 0 saturated carbocycles. The Morgan fingerprint density at radius 3 is 2.45 bits per heavy atom. The zero-order chi connectivity index (χ0) is 15.9. The SMILES string of the molecule is N#Cc1c[nH]c2c(=O)n(-c3ccccc3)cc(C(F)(F)F)c12. The van der Waals surface area contributed by atoms with E-state index in [1.54, 1.807) is 24.3 Å². The lowest BCUT2D eigenvalue weighted by Crippen LogP contribution is -2.21. The van der Waals surface area contributed by atoms with Crippen molar-refractivity contribution in [2.75, 3.05) is 0 Å². The normalized spacial score (nSPS) is 11.5. The first-order chi connectivity index (χ1) is 10.4. The number of para-hydroxylation sites is 1. The molecular formula is C15H8F3N3O. The molecule has 4 nitrogen and oxygen atoms in total. The van der Waals surface area contributed by atoms with E-state index in [-0.39, 0.29) is 11.1 Å². The number of hydrogen-bond donors (Lipinski definition) is 1. The molecule has 0 saturated heterocycles. The van der Waals surface area contributed by atoms with E-state index in [2.05, 4.69) is 4.98 Å². The Balaban J connectivity index is 2.46. The number of benzene rings is 1. The van der Waals surface area contributed by atoms with Gasteiger partial charge in [-0.1, -0.05) is 18.2 Å². The van der Waals surface area contributed by atoms with Gasteiger partial charge in [0.2, 0.25) is 0 Å². The number of rotatable bonds is 1. The number of aromatic amines is 1. The zero-order valence-electron chi connectivity index (χ0n) is 11.0. The molecule has 1 aromatic carbocycles. The first-order valence-electron chi connectivity index (χ1n) is 6.23. The van der Waals surface area contributed by atoms with Crippen molar-refractivity contribution in [1.29, 1.82) is 5.26 Å². The summed E-state index contributed by atoms with van der Waals surface area (Å²) in [4.78, 5) is 14.9. The van der Waals surface area contributed by atoms with Gasteiger partial charge in [0.05, 0.1) is 11.1 Å². The molecule has 0 spiro atoms. The van der Waals surface area contributed by atoms with Crippen LogP contribution in [-0.4, -0.2) is 9.55 Å². The number of hydrogen-bond acceptors (Lipinski definition) is 2. The number of nitrogens with one attached hydrogen (secondary N) is 1. The second kappa shape index (κ2) is 4.77. The number of nitrogens with zero attached hydrogens (tertiary/aromatic N) is 2. The predicted molar refractivity (Wildman–Crippen MR) is 73.6 cm³/mol. The Hall–Kier alpha value is -3.01. The van der Waals surface area contributed by atoms with Gasteiger partial charge < -0.3 is 4.98 Å². The molecule has 2 aromatic heterocycles. The van der Waals surface area contributed by atoms with E-state index < -0.39 is 22.7 Å². The van der Waals surface area contributed by atoms with Crippen LogP contribution >= 0.6 is 0 Å². The molecule has 7 heteroatoms. The maximum absolute atomic E-state index is 13.3. The summed E-state index contributed by atoms with van der Waals surface area (Å²) in [6.07, 6.45) is -2.85. The number of alkyl halides is 3. The molecule has 110 valence electrons. The van der Waals surface area contributed by atoms with Crippen LogP contribution in [0.25, 0.3) is 16.6 Å². The Bertz CT molecular complexity index is 946. The van der Waals surface area contributed by atoms with Crippen molar-refractivity contribution in [3.8, 4) is 11.8 Å². The average molecular weight is 303 g/mol. The third-order valence-electron chi connectivity index (χ3n) is 3.30. The lowest BCUT2D eigenvalue weighted by Gasteiger charge is -2.13. The van der Waals surface area contributed by atoms with E-state index in [1.807, 2.05) is 0 Å². The highest BCUT2D eigenvalue weighted by molar-refractivity contribution is 5.88. The van der Waals surface area contributed by atoms with Gasteiger partial charge >= 0.3 is 6.18 Å². The van der Waals surface area contributed by atoms with Crippen LogP contribution in [0.3, 0.4) is 0 Å². The van der Waals surface area contributed by atoms with Crippen LogP contribution in [-0.2, 0) is 6.18 Å². The number of halogens is 3. The van der Waals surface area contributed by atoms with Gasteiger partial charge in [-0.25, -0.2) is 0 Å². The molecule has 0 bridgehead atoms. The lowest BCUT2D eigenvalue weighted by molar-refractivity contribution is -0.136. The maximum Gasteiger partial charge on any atom is 0.418 e. The molecule has 22 heavy (non-hydrogen) atoms. The summed E-state index contributed by atoms with van der Waals surface area (Å²) in [5.41, 5.74) is -1.80. The van der Waals surface area contributed by atoms with Crippen molar-refractivity contribution in [3.05, 3.63) is 64.2 Å². The van der Waals surface area contributed by atoms with Crippen LogP contribution in [0.15, 0.2) is 47.5 Å². The summed E-state index contributed by atoms with van der Waals surface area (Å²) in [5.74, 6) is 0. The fourth-order valence-electron chi connectivity index (χ4n) is 2.33. The van der Waals surface area contributed by atoms with Crippen molar-refractivity contribution < 1.29 is 13.2 Å². The highest BCUT2D eigenvalue weighted by atomic mass is 19.4. The Morgan fingerprint density at radius 1 is 1.18 bits per heavy atom. The van der Waals surface area contributed by atoms with Gasteiger partial charge in [-0.05, 0) is 12.1 Å². The molecule has 0 aliphatic heterocycles. The largest absolute Gasteiger partial charge is 0.418 e. The van der Waals surface area contributed by atoms with E-state index in [1.165, 1.54) is 12.1 Å². The second-order valence-electron chi connectivity index (χ2n) is 4.62. The first-order valence-corrected chi connectivity index (χ1v) is 6.23. The van der Waals surface area contributed by atoms with Crippen LogP contribution < -0.4 is 5.56 Å². The van der Waals surface area contributed by atoms with Crippen LogP contribution in [0.4, 0.5) is 13.2 Å². The second-order valence-corrected chi connectivity index (χ2v) is 4.62. The number of fused-ring (bicyclic) bond motifs is 1. The molecule has 0 radical (unpaired) electrons. The van der Waals surface area contributed by atoms with Crippen LogP contribution in [0.5, 0.6) is 0 Å². The van der Waals surface area contributed by atoms with Gasteiger partial charge in [0.25, 0.3) is 5.56 Å². The lowest BCUT2D eigenvalue weighted by atomic mass is 10.1. The highest BCUT2D eigenvalue weighted by Crippen LogP contribution is 2.35. The number of nitriles is 1. The zero-order valence-corrected chi connectivity index (χ0v) is 11.0. The number of H-pyrrole nitrogens is 1. The minimum absolute atomic E-state index is 0.209. The third-order valence-corrected chi connectivity index (χ3v) is 3.30. The van der Waals surface area contributed by atoms with E-state index in [0.717, 1.165) is 17.0 Å². The Labute approximate surface area is 122 Å². The topological polar surface area (TPSA) is 61.6 Å². The average Bonchev–Trinajstić information content (AvgIpc) is 2.91. The molecule has 0 amide bonds. The molecule has 3 aromatic rings. The monoisotopic (exact) mass is 303 g/mol. The predicted octanol–water partition coefficient (Wildman–Crippen LogP) is 3.21. The molecule has 1 N–H and O–H groups in total. The molecule has 0 aliphatic carbocycles. The summed E-state index contributed by atoms with van der Waals surface area (Å²) < 4.78 is 40.8. The standard InChI is InChI=1S/C15H8F3N3O/c16-15(17,18)11-8-21(10-4-2-1-3-5-10)14(22)13-12(11)9(6-19)7-20-13/h1-5,7-8,20H. The summed E-state index contributed by atoms with van der Waals surface area (Å²) in [5, 5.41) is 8.55. The van der Waals surface area contributed by atoms with Crippen molar-refractivity contribution >= 4 is 10.9 Å². The van der Waals surface area contributed by atoms with Crippen molar-refractivity contribution in [3.63, 3.8) is 0 Å². The van der Waals surface area contributed by atoms with Crippen molar-refractivity contribution in [1.82, 2.24) is 9.55 Å². The van der Waals surface area contributed by atoms with Crippen molar-refractivity contribution in [2.45, 2.75) is 6.18 Å². The van der Waals surface area contributed by atoms with Gasteiger partial charge in [0, 0.05) is 23.5 Å². The van der Waals surface area contributed by atoms with E-state index >= 15 is 0 Å². The van der Waals surface area contributed by atoms with Crippen LogP contribution in [0, 0.1) is 11.3 Å². The molecule has 0 unspecified atom stereocenters. The van der Waals surface area contributed by atoms with Crippen LogP contribution in [0.1, 0.15) is 11.1 Å². The molecule has 3 rings (SSSR count). The van der Waals surface area contributed by atoms with Gasteiger partial charge in [0.1, 0.15) is 11.6 Å². The van der Waals surface area contributed by atoms with Crippen LogP contribution in [0.2, 0.25) is 0 Å². The summed E-state index contributed by atoms with van der Waals surface area (Å²) >= 11 is 0. The molecule has 0 fully saturated rings. The highest BCUT2D eigenvalue weighted by Gasteiger charge is 2.35. The number of aromatic nitrogens is 2. The van der Waals surface area contributed by atoms with E-state index in [9.17, 15) is 18.0 Å². The number of pyridine rings is 1. The summed E-state index contributed by atoms with van der Waals surface area (Å²) in [6.45, 7) is 0. The van der Waals surface area contributed by atoms with E-state index in [4.69, 9.17) is 5.26 Å². The quantitative estimate of drug-likeness (QED) is 0.750. The summed E-state index contributed by atoms with van der Waals surface area (Å²) in [6, 6.07) is 9.66. The molecule has 0 aliphatic rings. The first kappa shape index (κ1) is 13.9. The smallest absolute Gasteiger partial charge is 0.355 e. The van der Waals surface area contributed by atoms with Gasteiger partial charge in [0.15, 0.2) is 0 Å². The molecule has 0 atom stereocenters. The van der Waals surface area contributed by atoms with E-state index in [0.29, 0.717) is 5.69 Å². The summed E-state index contributed by atoms with van der Waals surface area (Å²) in [7, 11) is 0. The Morgan fingerprint density at radius 2 is 1.86 bits per heavy atom. The fourth-order valence-corrected chi connectivity index (χ4v) is 2.33. The molecule has 2 heterocycles. The van der Waals surface area contributed by atoms with Gasteiger partial charge in [-0.15, -0.1) is 0 Å². The minimum Gasteiger partial charge on any atom is -0.355 e. The third kappa shape index (κ3) is 2.05. The minimum atomic E-state index is -4.68. The Kier molecular flexibility index (Phi) is 3.03. The fraction of sp³-hybridized carbons (Fsp3) is 0.0667. The van der Waals surface area contributed by atoms with Crippen molar-refractivity contribution in [2.24, 2.45) is 0 Å². The molecular weight excluding hydrogens is 295 g/mol. The van der Waals surface area contributed by atoms with Gasteiger partial charge in [-0.2, -0.15) is 18.4 Å². The van der Waals surface area contributed by atoms with Gasteiger partial charge in [-0.3, -0.25) is 9.36 Å².